The molecule has 31 heavy (non-hydrogen) atoms. The van der Waals surface area contributed by atoms with Gasteiger partial charge in [-0.2, -0.15) is 9.78 Å². The molecule has 0 atom stereocenters. The summed E-state index contributed by atoms with van der Waals surface area (Å²) < 4.78 is 6.00. The van der Waals surface area contributed by atoms with Gasteiger partial charge in [-0.25, -0.2) is 10.1 Å². The van der Waals surface area contributed by atoms with Crippen molar-refractivity contribution >= 4 is 23.6 Å². The molecule has 4 rings (SSSR count). The average molecular weight is 418 g/mol. The first kappa shape index (κ1) is 19.7. The summed E-state index contributed by atoms with van der Waals surface area (Å²) in [6.45, 7) is 0.276. The third kappa shape index (κ3) is 4.37. The number of carbonyl (C=O) groups is 1. The van der Waals surface area contributed by atoms with Gasteiger partial charge in [0.2, 0.25) is 11.6 Å². The molecule has 156 valence electrons. The second kappa shape index (κ2) is 8.82. The minimum atomic E-state index is -0.544. The monoisotopic (exact) mass is 418 g/mol. The molecule has 0 unspecified atom stereocenters. The Labute approximate surface area is 176 Å². The summed E-state index contributed by atoms with van der Waals surface area (Å²) in [5.41, 5.74) is 10.4. The van der Waals surface area contributed by atoms with E-state index in [-0.39, 0.29) is 23.9 Å². The summed E-state index contributed by atoms with van der Waals surface area (Å²) >= 11 is 0. The highest BCUT2D eigenvalue weighted by Gasteiger charge is 2.25. The van der Waals surface area contributed by atoms with Crippen LogP contribution in [0.4, 0.5) is 11.5 Å². The number of para-hydroxylation sites is 1. The highest BCUT2D eigenvalue weighted by molar-refractivity contribution is 5.94. The van der Waals surface area contributed by atoms with Gasteiger partial charge >= 0.3 is 0 Å². The molecular weight excluding hydrogens is 400 g/mol. The molecular formula is C19H18N10O2. The van der Waals surface area contributed by atoms with Crippen molar-refractivity contribution in [3.63, 3.8) is 0 Å². The second-order valence-electron chi connectivity index (χ2n) is 6.45. The molecule has 4 aromatic rings. The van der Waals surface area contributed by atoms with Crippen LogP contribution in [-0.2, 0) is 6.54 Å². The van der Waals surface area contributed by atoms with Crippen molar-refractivity contribution in [1.82, 2.24) is 35.7 Å². The van der Waals surface area contributed by atoms with Crippen molar-refractivity contribution in [1.29, 1.82) is 0 Å². The molecule has 12 nitrogen and oxygen atoms in total. The number of carbonyl (C=O) groups excluding carboxylic acids is 1. The Morgan fingerprint density at radius 2 is 2.10 bits per heavy atom. The number of hydrogen-bond donors (Lipinski definition) is 2. The van der Waals surface area contributed by atoms with Crippen molar-refractivity contribution in [2.75, 3.05) is 17.7 Å². The van der Waals surface area contributed by atoms with Crippen LogP contribution in [0.15, 0.2) is 64.6 Å². The van der Waals surface area contributed by atoms with Crippen LogP contribution in [-0.4, -0.2) is 49.5 Å². The third-order valence-electron chi connectivity index (χ3n) is 4.32. The number of hydrazone groups is 1. The van der Waals surface area contributed by atoms with Crippen molar-refractivity contribution in [3.05, 3.63) is 71.8 Å². The molecule has 3 heterocycles. The predicted octanol–water partition coefficient (Wildman–Crippen LogP) is 1.03. The van der Waals surface area contributed by atoms with Crippen LogP contribution in [0.3, 0.4) is 0 Å². The Balaban J connectivity index is 1.62. The lowest BCUT2D eigenvalue weighted by Crippen LogP contribution is -2.24. The fourth-order valence-electron chi connectivity index (χ4n) is 2.80. The maximum Gasteiger partial charge on any atom is 0.293 e. The van der Waals surface area contributed by atoms with Gasteiger partial charge in [-0.1, -0.05) is 29.5 Å². The van der Waals surface area contributed by atoms with E-state index in [0.29, 0.717) is 5.69 Å². The standard InChI is InChI=1S/C19H18N10O2/c1-28(14-7-3-2-4-8-14)12-15-16(23-27-29(15)18-17(20)25-31-26-18)19(30)24-22-11-13-6-5-9-21-10-13/h2-11H,12H2,1H3,(H2,20,25)(H,24,30)/b22-11-. The van der Waals surface area contributed by atoms with Crippen LogP contribution in [0.1, 0.15) is 21.7 Å². The van der Waals surface area contributed by atoms with E-state index >= 15 is 0 Å². The molecule has 0 saturated heterocycles. The van der Waals surface area contributed by atoms with E-state index in [1.54, 1.807) is 24.5 Å². The molecule has 0 bridgehead atoms. The first-order valence-corrected chi connectivity index (χ1v) is 9.16. The molecule has 12 heteroatoms. The zero-order valence-electron chi connectivity index (χ0n) is 16.5. The predicted molar refractivity (Wildman–Crippen MR) is 111 cm³/mol. The molecule has 0 saturated carbocycles. The molecule has 0 aliphatic rings. The topological polar surface area (TPSA) is 153 Å². The van der Waals surface area contributed by atoms with Crippen LogP contribution in [0.2, 0.25) is 0 Å². The number of hydrogen-bond acceptors (Lipinski definition) is 10. The van der Waals surface area contributed by atoms with Crippen LogP contribution in [0.5, 0.6) is 0 Å². The molecule has 0 aliphatic carbocycles. The summed E-state index contributed by atoms with van der Waals surface area (Å²) in [6, 6.07) is 13.2. The molecule has 0 aliphatic heterocycles. The average Bonchev–Trinajstić information content (AvgIpc) is 3.40. The van der Waals surface area contributed by atoms with E-state index in [2.05, 4.69) is 40.8 Å². The third-order valence-corrected chi connectivity index (χ3v) is 4.32. The van der Waals surface area contributed by atoms with E-state index in [1.165, 1.54) is 10.9 Å². The zero-order valence-corrected chi connectivity index (χ0v) is 16.5. The lowest BCUT2D eigenvalue weighted by Gasteiger charge is -2.19. The number of nitrogens with two attached hydrogens (primary N) is 1. The number of aromatic nitrogens is 6. The second-order valence-corrected chi connectivity index (χ2v) is 6.45. The van der Waals surface area contributed by atoms with E-state index in [1.807, 2.05) is 42.3 Å². The number of anilines is 2. The van der Waals surface area contributed by atoms with E-state index < -0.39 is 5.91 Å². The van der Waals surface area contributed by atoms with Crippen molar-refractivity contribution in [2.45, 2.75) is 6.54 Å². The lowest BCUT2D eigenvalue weighted by atomic mass is 10.2. The molecule has 0 radical (unpaired) electrons. The number of benzene rings is 1. The number of nitrogens with zero attached hydrogens (tertiary/aromatic N) is 8. The van der Waals surface area contributed by atoms with Gasteiger partial charge in [0.15, 0.2) is 5.69 Å². The van der Waals surface area contributed by atoms with Gasteiger partial charge in [0.1, 0.15) is 0 Å². The fourth-order valence-corrected chi connectivity index (χ4v) is 2.80. The molecule has 0 spiro atoms. The number of amides is 1. The van der Waals surface area contributed by atoms with Gasteiger partial charge in [-0.3, -0.25) is 9.78 Å². The van der Waals surface area contributed by atoms with Crippen LogP contribution in [0, 0.1) is 0 Å². The van der Waals surface area contributed by atoms with E-state index in [9.17, 15) is 4.79 Å². The van der Waals surface area contributed by atoms with E-state index in [4.69, 9.17) is 5.73 Å². The van der Waals surface area contributed by atoms with Gasteiger partial charge in [0, 0.05) is 30.7 Å². The lowest BCUT2D eigenvalue weighted by molar-refractivity contribution is 0.0949. The highest BCUT2D eigenvalue weighted by Crippen LogP contribution is 2.20. The fraction of sp³-hybridized carbons (Fsp3) is 0.105. The van der Waals surface area contributed by atoms with Crippen molar-refractivity contribution in [2.24, 2.45) is 5.10 Å². The van der Waals surface area contributed by atoms with Gasteiger partial charge in [0.25, 0.3) is 5.91 Å². The quantitative estimate of drug-likeness (QED) is 0.331. The summed E-state index contributed by atoms with van der Waals surface area (Å²) in [7, 11) is 1.87. The summed E-state index contributed by atoms with van der Waals surface area (Å²) in [4.78, 5) is 18.7. The number of pyridine rings is 1. The van der Waals surface area contributed by atoms with Crippen molar-refractivity contribution in [3.8, 4) is 5.82 Å². The Kier molecular flexibility index (Phi) is 5.60. The molecule has 1 aromatic carbocycles. The first-order chi connectivity index (χ1) is 15.1. The minimum Gasteiger partial charge on any atom is -0.378 e. The normalized spacial score (nSPS) is 11.0. The van der Waals surface area contributed by atoms with Crippen LogP contribution in [0.25, 0.3) is 5.82 Å². The summed E-state index contributed by atoms with van der Waals surface area (Å²) in [5, 5.41) is 19.3. The van der Waals surface area contributed by atoms with Crippen LogP contribution >= 0.6 is 0 Å². The smallest absolute Gasteiger partial charge is 0.293 e. The van der Waals surface area contributed by atoms with Crippen LogP contribution < -0.4 is 16.1 Å². The number of nitrogen functional groups attached to an aromatic ring is 1. The molecule has 3 N–H and O–H groups in total. The highest BCUT2D eigenvalue weighted by atomic mass is 16.6. The Morgan fingerprint density at radius 3 is 2.81 bits per heavy atom. The Bertz CT molecular complexity index is 1190. The van der Waals surface area contributed by atoms with E-state index in [0.717, 1.165) is 11.3 Å². The van der Waals surface area contributed by atoms with Crippen molar-refractivity contribution < 1.29 is 9.42 Å². The number of nitrogens with one attached hydrogen (secondary N) is 1. The van der Waals surface area contributed by atoms with Gasteiger partial charge in [-0.05, 0) is 28.5 Å². The molecule has 1 amide bonds. The Morgan fingerprint density at radius 1 is 1.26 bits per heavy atom. The molecule has 0 fully saturated rings. The van der Waals surface area contributed by atoms with Gasteiger partial charge in [-0.15, -0.1) is 5.10 Å². The maximum atomic E-state index is 12.8. The largest absolute Gasteiger partial charge is 0.378 e. The molecule has 3 aromatic heterocycles. The SMILES string of the molecule is CN(Cc1c(C(=O)N/N=C\c2cccnc2)nnn1-c1nonc1N)c1ccccc1. The summed E-state index contributed by atoms with van der Waals surface area (Å²) in [5.74, 6) is -0.380. The minimum absolute atomic E-state index is 0.0232. The van der Waals surface area contributed by atoms with Gasteiger partial charge in [0.05, 0.1) is 18.5 Å². The van der Waals surface area contributed by atoms with Gasteiger partial charge < -0.3 is 10.6 Å². The zero-order chi connectivity index (χ0) is 21.6. The maximum absolute atomic E-state index is 12.8. The first-order valence-electron chi connectivity index (χ1n) is 9.16. The summed E-state index contributed by atoms with van der Waals surface area (Å²) in [6.07, 6.45) is 4.74. The Hall–Kier alpha value is -4.61. The number of rotatable bonds is 7.